The molecule has 0 aromatic carbocycles. The molecule has 0 amide bonds. The first-order valence-electron chi connectivity index (χ1n) is 4.65. The van der Waals surface area contributed by atoms with E-state index < -0.39 is 5.97 Å². The van der Waals surface area contributed by atoms with Crippen LogP contribution < -0.4 is 0 Å². The number of hydrogen-bond donors (Lipinski definition) is 1. The van der Waals surface area contributed by atoms with Crippen molar-refractivity contribution in [3.63, 3.8) is 0 Å². The molecule has 0 aliphatic carbocycles. The fourth-order valence-electron chi connectivity index (χ4n) is 1.33. The van der Waals surface area contributed by atoms with E-state index >= 15 is 0 Å². The van der Waals surface area contributed by atoms with Crippen LogP contribution in [0.5, 0.6) is 0 Å². The minimum Gasteiger partial charge on any atom is -0.481 e. The van der Waals surface area contributed by atoms with Crippen LogP contribution in [0, 0.1) is 0 Å². The fourth-order valence-corrected chi connectivity index (χ4v) is 1.33. The van der Waals surface area contributed by atoms with Crippen molar-refractivity contribution >= 4 is 5.97 Å². The monoisotopic (exact) mass is 222 g/mol. The molecule has 0 bridgehead atoms. The first kappa shape index (κ1) is 10.3. The highest BCUT2D eigenvalue weighted by Crippen LogP contribution is 2.13. The van der Waals surface area contributed by atoms with Crippen molar-refractivity contribution < 1.29 is 9.90 Å². The van der Waals surface area contributed by atoms with Crippen LogP contribution in [0.2, 0.25) is 0 Å². The van der Waals surface area contributed by atoms with Gasteiger partial charge in [-0.2, -0.15) is 5.10 Å². The average molecular weight is 222 g/mol. The summed E-state index contributed by atoms with van der Waals surface area (Å²) in [6.07, 6.45) is 1.61. The van der Waals surface area contributed by atoms with Crippen LogP contribution in [0.15, 0.2) is 12.3 Å². The van der Waals surface area contributed by atoms with Crippen LogP contribution >= 0.6 is 0 Å². The van der Waals surface area contributed by atoms with Crippen molar-refractivity contribution in [3.8, 4) is 11.5 Å². The van der Waals surface area contributed by atoms with Crippen LogP contribution in [0.1, 0.15) is 6.42 Å². The lowest BCUT2D eigenvalue weighted by molar-refractivity contribution is -0.137. The molecular weight excluding hydrogens is 212 g/mol. The number of tetrazole rings is 1. The number of hydrogen-bond acceptors (Lipinski definition) is 5. The molecule has 84 valence electrons. The van der Waals surface area contributed by atoms with Crippen LogP contribution in [0.3, 0.4) is 0 Å². The zero-order valence-electron chi connectivity index (χ0n) is 8.61. The number of aryl methyl sites for hydroxylation is 2. The number of carboxylic acids is 1. The highest BCUT2D eigenvalue weighted by atomic mass is 16.4. The second kappa shape index (κ2) is 4.09. The summed E-state index contributed by atoms with van der Waals surface area (Å²) in [5.41, 5.74) is 0.746. The summed E-state index contributed by atoms with van der Waals surface area (Å²) in [6.45, 7) is 0.239. The molecular formula is C8H10N6O2. The van der Waals surface area contributed by atoms with Gasteiger partial charge in [-0.15, -0.1) is 5.10 Å². The summed E-state index contributed by atoms with van der Waals surface area (Å²) in [4.78, 5) is 10.5. The average Bonchev–Trinajstić information content (AvgIpc) is 2.82. The molecule has 2 rings (SSSR count). The minimum absolute atomic E-state index is 0.0180. The summed E-state index contributed by atoms with van der Waals surface area (Å²) in [5.74, 6) is -0.368. The maximum absolute atomic E-state index is 10.5. The van der Waals surface area contributed by atoms with Crippen LogP contribution in [-0.4, -0.2) is 41.1 Å². The number of carboxylic acid groups (broad SMARTS) is 1. The molecule has 0 aliphatic rings. The molecule has 0 aliphatic heterocycles. The Bertz CT molecular complexity index is 502. The second-order valence-electron chi connectivity index (χ2n) is 3.21. The van der Waals surface area contributed by atoms with E-state index in [4.69, 9.17) is 5.11 Å². The summed E-state index contributed by atoms with van der Waals surface area (Å²) in [7, 11) is 1.77. The Morgan fingerprint density at radius 2 is 2.38 bits per heavy atom. The third-order valence-electron chi connectivity index (χ3n) is 2.12. The topological polar surface area (TPSA) is 98.7 Å². The summed E-state index contributed by atoms with van der Waals surface area (Å²) in [5, 5.41) is 23.7. The Labute approximate surface area is 90.5 Å². The highest BCUT2D eigenvalue weighted by Gasteiger charge is 2.12. The van der Waals surface area contributed by atoms with Crippen molar-refractivity contribution in [3.05, 3.63) is 12.3 Å². The summed E-state index contributed by atoms with van der Waals surface area (Å²) >= 11 is 0. The van der Waals surface area contributed by atoms with Gasteiger partial charge in [0.25, 0.3) is 0 Å². The smallest absolute Gasteiger partial charge is 0.305 e. The van der Waals surface area contributed by atoms with E-state index in [1.54, 1.807) is 24.0 Å². The van der Waals surface area contributed by atoms with Crippen LogP contribution in [-0.2, 0) is 18.4 Å². The molecule has 0 spiro atoms. The Balaban J connectivity index is 2.26. The normalized spacial score (nSPS) is 10.6. The maximum Gasteiger partial charge on any atom is 0.305 e. The minimum atomic E-state index is -0.883. The van der Waals surface area contributed by atoms with Crippen molar-refractivity contribution in [2.75, 3.05) is 0 Å². The fraction of sp³-hybridized carbons (Fsp3) is 0.375. The Morgan fingerprint density at radius 3 is 3.00 bits per heavy atom. The van der Waals surface area contributed by atoms with E-state index in [0.29, 0.717) is 5.82 Å². The van der Waals surface area contributed by atoms with Gasteiger partial charge < -0.3 is 5.11 Å². The Kier molecular flexibility index (Phi) is 2.63. The number of aliphatic carboxylic acids is 1. The SMILES string of the molecule is Cn1nccc1-c1nnnn1CCC(=O)O. The lowest BCUT2D eigenvalue weighted by atomic mass is 10.4. The van der Waals surface area contributed by atoms with Gasteiger partial charge in [-0.1, -0.05) is 0 Å². The zero-order valence-corrected chi connectivity index (χ0v) is 8.61. The van der Waals surface area contributed by atoms with E-state index in [0.717, 1.165) is 5.69 Å². The van der Waals surface area contributed by atoms with Gasteiger partial charge in [0.15, 0.2) is 5.82 Å². The van der Waals surface area contributed by atoms with Gasteiger partial charge in [0, 0.05) is 13.2 Å². The second-order valence-corrected chi connectivity index (χ2v) is 3.21. The lowest BCUT2D eigenvalue weighted by Crippen LogP contribution is -2.09. The van der Waals surface area contributed by atoms with Gasteiger partial charge in [0.05, 0.1) is 13.0 Å². The van der Waals surface area contributed by atoms with E-state index in [1.165, 1.54) is 4.68 Å². The predicted molar refractivity (Wildman–Crippen MR) is 52.3 cm³/mol. The van der Waals surface area contributed by atoms with Gasteiger partial charge >= 0.3 is 5.97 Å². The van der Waals surface area contributed by atoms with Gasteiger partial charge in [0.1, 0.15) is 5.69 Å². The van der Waals surface area contributed by atoms with Crippen molar-refractivity contribution in [1.82, 2.24) is 30.0 Å². The molecule has 2 aromatic heterocycles. The molecule has 0 unspecified atom stereocenters. The molecule has 1 N–H and O–H groups in total. The molecule has 16 heavy (non-hydrogen) atoms. The third kappa shape index (κ3) is 1.90. The van der Waals surface area contributed by atoms with E-state index in [2.05, 4.69) is 20.6 Å². The van der Waals surface area contributed by atoms with Crippen molar-refractivity contribution in [2.45, 2.75) is 13.0 Å². The number of carbonyl (C=O) groups is 1. The summed E-state index contributed by atoms with van der Waals surface area (Å²) < 4.78 is 3.08. The highest BCUT2D eigenvalue weighted by molar-refractivity contribution is 5.66. The molecule has 2 heterocycles. The molecule has 0 fully saturated rings. The largest absolute Gasteiger partial charge is 0.481 e. The number of aromatic nitrogens is 6. The van der Waals surface area contributed by atoms with Crippen LogP contribution in [0.4, 0.5) is 0 Å². The Hall–Kier alpha value is -2.25. The molecule has 8 nitrogen and oxygen atoms in total. The van der Waals surface area contributed by atoms with Gasteiger partial charge in [-0.3, -0.25) is 9.48 Å². The van der Waals surface area contributed by atoms with Gasteiger partial charge in [-0.05, 0) is 16.5 Å². The first-order valence-corrected chi connectivity index (χ1v) is 4.65. The van der Waals surface area contributed by atoms with E-state index in [-0.39, 0.29) is 13.0 Å². The molecule has 2 aromatic rings. The first-order chi connectivity index (χ1) is 7.68. The third-order valence-corrected chi connectivity index (χ3v) is 2.12. The lowest BCUT2D eigenvalue weighted by Gasteiger charge is -2.02. The zero-order chi connectivity index (χ0) is 11.5. The van der Waals surface area contributed by atoms with Gasteiger partial charge in [0.2, 0.25) is 0 Å². The molecule has 0 saturated heterocycles. The van der Waals surface area contributed by atoms with Crippen LogP contribution in [0.25, 0.3) is 11.5 Å². The predicted octanol–water partition coefficient (Wildman–Crippen LogP) is -0.452. The summed E-state index contributed by atoms with van der Waals surface area (Å²) in [6, 6.07) is 1.77. The Morgan fingerprint density at radius 1 is 1.56 bits per heavy atom. The molecule has 0 saturated carbocycles. The van der Waals surface area contributed by atoms with E-state index in [9.17, 15) is 4.79 Å². The maximum atomic E-state index is 10.5. The molecule has 0 atom stereocenters. The van der Waals surface area contributed by atoms with E-state index in [1.807, 2.05) is 0 Å². The van der Waals surface area contributed by atoms with Crippen molar-refractivity contribution in [1.29, 1.82) is 0 Å². The van der Waals surface area contributed by atoms with Gasteiger partial charge in [-0.25, -0.2) is 4.68 Å². The van der Waals surface area contributed by atoms with Crippen molar-refractivity contribution in [2.24, 2.45) is 7.05 Å². The number of rotatable bonds is 4. The molecule has 8 heteroatoms. The molecule has 0 radical (unpaired) electrons. The number of nitrogens with zero attached hydrogens (tertiary/aromatic N) is 6. The quantitative estimate of drug-likeness (QED) is 0.752. The standard InChI is InChI=1S/C8H10N6O2/c1-13-6(2-4-9-13)8-10-11-12-14(8)5-3-7(15)16/h2,4H,3,5H2,1H3,(H,15,16).